The molecule has 0 amide bonds. The van der Waals surface area contributed by atoms with E-state index >= 15 is 0 Å². The van der Waals surface area contributed by atoms with Crippen LogP contribution in [0.2, 0.25) is 0 Å². The monoisotopic (exact) mass is 582 g/mol. The van der Waals surface area contributed by atoms with Gasteiger partial charge in [0.1, 0.15) is 0 Å². The van der Waals surface area contributed by atoms with Crippen molar-refractivity contribution in [1.29, 1.82) is 0 Å². The van der Waals surface area contributed by atoms with Crippen LogP contribution in [0, 0.1) is 5.92 Å². The van der Waals surface area contributed by atoms with Crippen molar-refractivity contribution in [2.24, 2.45) is 5.92 Å². The lowest BCUT2D eigenvalue weighted by Crippen LogP contribution is -2.56. The Morgan fingerprint density at radius 2 is 1.63 bits per heavy atom. The van der Waals surface area contributed by atoms with Crippen molar-refractivity contribution >= 4 is 22.1 Å². The van der Waals surface area contributed by atoms with E-state index in [1.54, 1.807) is 31.7 Å². The first kappa shape index (κ1) is 33.5. The summed E-state index contributed by atoms with van der Waals surface area (Å²) in [5.74, 6) is -5.31. The second-order valence-corrected chi connectivity index (χ2v) is 10.5. The number of aromatic nitrogens is 1. The first-order valence-corrected chi connectivity index (χ1v) is 12.2. The molecule has 1 aromatic rings. The molecule has 0 aromatic carbocycles. The number of hydrogen-bond donors (Lipinski definition) is 2. The Morgan fingerprint density at radius 1 is 1.11 bits per heavy atom. The van der Waals surface area contributed by atoms with Crippen LogP contribution in [0.1, 0.15) is 12.0 Å². The van der Waals surface area contributed by atoms with E-state index in [4.69, 9.17) is 24.5 Å². The molecule has 3 rings (SSSR count). The Kier molecular flexibility index (Phi) is 11.9. The van der Waals surface area contributed by atoms with Crippen molar-refractivity contribution in [1.82, 2.24) is 18.5 Å². The van der Waals surface area contributed by atoms with E-state index in [2.05, 4.69) is 16.0 Å². The summed E-state index contributed by atoms with van der Waals surface area (Å²) in [5.41, 5.74) is 1.15. The molecule has 11 nitrogen and oxygen atoms in total. The van der Waals surface area contributed by atoms with E-state index in [-0.39, 0.29) is 18.1 Å². The molecule has 0 unspecified atom stereocenters. The van der Waals surface area contributed by atoms with Gasteiger partial charge in [0.2, 0.25) is 0 Å². The molecule has 0 radical (unpaired) electrons. The van der Waals surface area contributed by atoms with Crippen LogP contribution in [0.4, 0.5) is 26.3 Å². The first-order chi connectivity index (χ1) is 17.3. The highest BCUT2D eigenvalue weighted by atomic mass is 32.2. The standard InChI is InChI=1S/C16H26N4O3S.2C2HF3O2/c1-18(2)24(21,22)20-8-6-16(23-3)14-11-19(12-15(14)20)10-13-5-4-7-17-9-13;2*3-2(4,5)1(6)7/h4-5,7,9,14-16H,6,8,10-12H2,1-3H3;2*(H,6,7)/t14-,15+,16+;;/m0../s1. The highest BCUT2D eigenvalue weighted by Gasteiger charge is 2.48. The fourth-order valence-electron chi connectivity index (χ4n) is 3.87. The predicted octanol–water partition coefficient (Wildman–Crippen LogP) is 1.68. The van der Waals surface area contributed by atoms with Gasteiger partial charge in [-0.3, -0.25) is 9.88 Å². The number of pyridine rings is 1. The van der Waals surface area contributed by atoms with Crippen LogP contribution in [-0.4, -0.2) is 114 Å². The zero-order valence-electron chi connectivity index (χ0n) is 20.5. The average molecular weight is 583 g/mol. The summed E-state index contributed by atoms with van der Waals surface area (Å²) in [5, 5.41) is 14.2. The van der Waals surface area contributed by atoms with E-state index in [1.165, 1.54) is 4.31 Å². The quantitative estimate of drug-likeness (QED) is 0.496. The third-order valence-electron chi connectivity index (χ3n) is 5.56. The number of rotatable bonds is 5. The van der Waals surface area contributed by atoms with Gasteiger partial charge in [-0.05, 0) is 18.1 Å². The third kappa shape index (κ3) is 9.64. The molecule has 0 aliphatic carbocycles. The molecule has 2 aliphatic heterocycles. The molecular formula is C20H28F6N4O7S. The van der Waals surface area contributed by atoms with Gasteiger partial charge in [0, 0.05) is 71.7 Å². The lowest BCUT2D eigenvalue weighted by molar-refractivity contribution is -0.193. The molecule has 3 atom stereocenters. The van der Waals surface area contributed by atoms with Crippen LogP contribution < -0.4 is 0 Å². The van der Waals surface area contributed by atoms with Crippen molar-refractivity contribution in [2.45, 2.75) is 37.5 Å². The summed E-state index contributed by atoms with van der Waals surface area (Å²) in [6.07, 6.45) is -5.68. The molecule has 2 aliphatic rings. The maximum Gasteiger partial charge on any atom is 0.490 e. The van der Waals surface area contributed by atoms with Crippen LogP contribution >= 0.6 is 0 Å². The number of halogens is 6. The Labute approximate surface area is 214 Å². The van der Waals surface area contributed by atoms with Crippen LogP contribution in [0.3, 0.4) is 0 Å². The van der Waals surface area contributed by atoms with E-state index in [0.29, 0.717) is 6.54 Å². The van der Waals surface area contributed by atoms with Crippen LogP contribution in [0.15, 0.2) is 24.5 Å². The maximum atomic E-state index is 12.7. The van der Waals surface area contributed by atoms with Crippen LogP contribution in [0.5, 0.6) is 0 Å². The molecule has 1 aromatic heterocycles. The summed E-state index contributed by atoms with van der Waals surface area (Å²) >= 11 is 0. The Bertz CT molecular complexity index is 1000. The largest absolute Gasteiger partial charge is 0.490 e. The van der Waals surface area contributed by atoms with Gasteiger partial charge in [-0.25, -0.2) is 9.59 Å². The molecule has 0 spiro atoms. The molecule has 38 heavy (non-hydrogen) atoms. The number of piperidine rings is 1. The highest BCUT2D eigenvalue weighted by molar-refractivity contribution is 7.86. The van der Waals surface area contributed by atoms with Gasteiger partial charge in [0.05, 0.1) is 6.10 Å². The molecule has 2 fully saturated rings. The summed E-state index contributed by atoms with van der Waals surface area (Å²) in [6, 6.07) is 3.95. The summed E-state index contributed by atoms with van der Waals surface area (Å²) in [4.78, 5) is 24.3. The molecule has 218 valence electrons. The third-order valence-corrected chi connectivity index (χ3v) is 7.53. The second-order valence-electron chi connectivity index (χ2n) is 8.36. The van der Waals surface area contributed by atoms with E-state index in [1.807, 2.05) is 12.3 Å². The van der Waals surface area contributed by atoms with Crippen molar-refractivity contribution in [3.8, 4) is 0 Å². The number of nitrogens with zero attached hydrogens (tertiary/aromatic N) is 4. The minimum atomic E-state index is -5.08. The molecular weight excluding hydrogens is 554 g/mol. The normalized spacial score (nSPS) is 22.5. The zero-order valence-corrected chi connectivity index (χ0v) is 21.3. The highest BCUT2D eigenvalue weighted by Crippen LogP contribution is 2.35. The molecule has 18 heteroatoms. The molecule has 3 heterocycles. The molecule has 0 bridgehead atoms. The number of aliphatic carboxylic acids is 2. The van der Waals surface area contributed by atoms with Crippen molar-refractivity contribution in [3.05, 3.63) is 30.1 Å². The second kappa shape index (κ2) is 13.5. The number of carboxylic acid groups (broad SMARTS) is 2. The lowest BCUT2D eigenvalue weighted by Gasteiger charge is -2.40. The molecule has 0 saturated carbocycles. The lowest BCUT2D eigenvalue weighted by atomic mass is 9.91. The molecule has 2 N–H and O–H groups in total. The van der Waals surface area contributed by atoms with Crippen LogP contribution in [-0.2, 0) is 31.1 Å². The molecule has 2 saturated heterocycles. The number of ether oxygens (including phenoxy) is 1. The predicted molar refractivity (Wildman–Crippen MR) is 119 cm³/mol. The fraction of sp³-hybridized carbons (Fsp3) is 0.650. The van der Waals surface area contributed by atoms with Gasteiger partial charge in [-0.15, -0.1) is 0 Å². The number of carboxylic acids is 2. The summed E-state index contributed by atoms with van der Waals surface area (Å²) in [6.45, 7) is 2.87. The van der Waals surface area contributed by atoms with Gasteiger partial charge in [-0.1, -0.05) is 6.07 Å². The number of alkyl halides is 6. The van der Waals surface area contributed by atoms with Crippen molar-refractivity contribution < 1.29 is 59.3 Å². The first-order valence-electron chi connectivity index (χ1n) is 10.8. The minimum Gasteiger partial charge on any atom is -0.475 e. The van der Waals surface area contributed by atoms with E-state index in [0.717, 1.165) is 31.6 Å². The number of methoxy groups -OCH3 is 1. The van der Waals surface area contributed by atoms with Gasteiger partial charge < -0.3 is 14.9 Å². The Hall–Kier alpha value is -2.54. The topological polar surface area (TPSA) is 141 Å². The van der Waals surface area contributed by atoms with Crippen molar-refractivity contribution in [2.75, 3.05) is 40.8 Å². The van der Waals surface area contributed by atoms with Gasteiger partial charge >= 0.3 is 24.3 Å². The van der Waals surface area contributed by atoms with Gasteiger partial charge in [0.25, 0.3) is 10.2 Å². The summed E-state index contributed by atoms with van der Waals surface area (Å²) < 4.78 is 97.4. The van der Waals surface area contributed by atoms with Gasteiger partial charge in [-0.2, -0.15) is 43.4 Å². The Morgan fingerprint density at radius 3 is 2.03 bits per heavy atom. The maximum absolute atomic E-state index is 12.7. The Balaban J connectivity index is 0.000000426. The number of likely N-dealkylation sites (tertiary alicyclic amines) is 1. The minimum absolute atomic E-state index is 0.0345. The van der Waals surface area contributed by atoms with Crippen molar-refractivity contribution in [3.63, 3.8) is 0 Å². The number of hydrogen-bond acceptors (Lipinski definition) is 7. The van der Waals surface area contributed by atoms with E-state index < -0.39 is 34.5 Å². The summed E-state index contributed by atoms with van der Waals surface area (Å²) in [7, 11) is 1.50. The zero-order chi connectivity index (χ0) is 29.5. The smallest absolute Gasteiger partial charge is 0.475 e. The SMILES string of the molecule is CO[C@@H]1CCN(S(=O)(=O)N(C)C)[C@@H]2CN(Cc3cccnc3)C[C@@H]21.O=C(O)C(F)(F)F.O=C(O)C(F)(F)F. The van der Waals surface area contributed by atoms with Gasteiger partial charge in [0.15, 0.2) is 0 Å². The fourth-order valence-corrected chi connectivity index (χ4v) is 5.19. The van der Waals surface area contributed by atoms with E-state index in [9.17, 15) is 34.8 Å². The number of carbonyl (C=O) groups is 2. The van der Waals surface area contributed by atoms with Crippen LogP contribution in [0.25, 0.3) is 0 Å². The average Bonchev–Trinajstić information content (AvgIpc) is 3.21. The number of fused-ring (bicyclic) bond motifs is 1.